The van der Waals surface area contributed by atoms with Crippen LogP contribution in [0.15, 0.2) is 21.4 Å². The van der Waals surface area contributed by atoms with Gasteiger partial charge < -0.3 is 14.8 Å². The molecule has 0 spiro atoms. The predicted octanol–water partition coefficient (Wildman–Crippen LogP) is 2.27. The predicted molar refractivity (Wildman–Crippen MR) is 64.8 cm³/mol. The monoisotopic (exact) mass is 303 g/mol. The molecule has 2 N–H and O–H groups in total. The highest BCUT2D eigenvalue weighted by molar-refractivity contribution is 9.10. The Morgan fingerprint density at radius 2 is 2.29 bits per heavy atom. The van der Waals surface area contributed by atoms with E-state index in [2.05, 4.69) is 21.2 Å². The van der Waals surface area contributed by atoms with Crippen molar-refractivity contribution in [2.75, 3.05) is 6.54 Å². The van der Waals surface area contributed by atoms with Crippen LogP contribution in [0.1, 0.15) is 30.1 Å². The number of halogens is 1. The molecule has 0 aliphatic carbocycles. The third kappa shape index (κ3) is 4.22. The Kier molecular flexibility index (Phi) is 5.21. The van der Waals surface area contributed by atoms with E-state index in [0.717, 1.165) is 0 Å². The summed E-state index contributed by atoms with van der Waals surface area (Å²) in [5.74, 6) is -1.42. The van der Waals surface area contributed by atoms with Gasteiger partial charge in [0.1, 0.15) is 0 Å². The molecule has 17 heavy (non-hydrogen) atoms. The lowest BCUT2D eigenvalue weighted by atomic mass is 10.1. The van der Waals surface area contributed by atoms with Gasteiger partial charge >= 0.3 is 5.97 Å². The first kappa shape index (κ1) is 13.8. The van der Waals surface area contributed by atoms with Crippen LogP contribution in [0.4, 0.5) is 0 Å². The first-order valence-corrected chi connectivity index (χ1v) is 6.05. The lowest BCUT2D eigenvalue weighted by molar-refractivity contribution is -0.141. The van der Waals surface area contributed by atoms with Crippen LogP contribution in [0.3, 0.4) is 0 Å². The number of furan rings is 1. The maximum Gasteiger partial charge on any atom is 0.306 e. The average Bonchev–Trinajstić information content (AvgIpc) is 2.70. The van der Waals surface area contributed by atoms with E-state index in [4.69, 9.17) is 9.52 Å². The van der Waals surface area contributed by atoms with Gasteiger partial charge in [-0.25, -0.2) is 0 Å². The van der Waals surface area contributed by atoms with Crippen molar-refractivity contribution in [1.82, 2.24) is 5.32 Å². The maximum atomic E-state index is 11.6. The van der Waals surface area contributed by atoms with Crippen molar-refractivity contribution in [3.63, 3.8) is 0 Å². The Balaban J connectivity index is 2.26. The summed E-state index contributed by atoms with van der Waals surface area (Å²) >= 11 is 3.11. The highest BCUT2D eigenvalue weighted by atomic mass is 79.9. The van der Waals surface area contributed by atoms with Gasteiger partial charge in [0, 0.05) is 6.54 Å². The molecule has 0 saturated heterocycles. The van der Waals surface area contributed by atoms with Crippen molar-refractivity contribution in [3.8, 4) is 0 Å². The molecule has 1 aromatic heterocycles. The Morgan fingerprint density at radius 1 is 1.59 bits per heavy atom. The second kappa shape index (κ2) is 6.44. The zero-order valence-corrected chi connectivity index (χ0v) is 11.0. The number of amides is 1. The number of nitrogens with one attached hydrogen (secondary N) is 1. The molecule has 0 fully saturated rings. The van der Waals surface area contributed by atoms with Crippen LogP contribution in [0, 0.1) is 5.92 Å². The Morgan fingerprint density at radius 3 is 2.82 bits per heavy atom. The van der Waals surface area contributed by atoms with Crippen molar-refractivity contribution in [1.29, 1.82) is 0 Å². The second-order valence-electron chi connectivity index (χ2n) is 3.75. The molecule has 0 bridgehead atoms. The SMILES string of the molecule is CC(CCCNC(=O)c1ccoc1Br)C(=O)O. The largest absolute Gasteiger partial charge is 0.481 e. The van der Waals surface area contributed by atoms with Gasteiger partial charge in [-0.05, 0) is 34.8 Å². The van der Waals surface area contributed by atoms with Crippen LogP contribution in [0.2, 0.25) is 0 Å². The molecule has 1 unspecified atom stereocenters. The van der Waals surface area contributed by atoms with Crippen molar-refractivity contribution in [3.05, 3.63) is 22.6 Å². The van der Waals surface area contributed by atoms with Crippen molar-refractivity contribution < 1.29 is 19.1 Å². The van der Waals surface area contributed by atoms with E-state index in [0.29, 0.717) is 29.6 Å². The first-order chi connectivity index (χ1) is 8.02. The summed E-state index contributed by atoms with van der Waals surface area (Å²) in [7, 11) is 0. The van der Waals surface area contributed by atoms with Gasteiger partial charge in [0.15, 0.2) is 4.67 Å². The van der Waals surface area contributed by atoms with E-state index >= 15 is 0 Å². The van der Waals surface area contributed by atoms with E-state index in [1.54, 1.807) is 13.0 Å². The summed E-state index contributed by atoms with van der Waals surface area (Å²) in [5.41, 5.74) is 0.441. The van der Waals surface area contributed by atoms with Crippen LogP contribution in [0.5, 0.6) is 0 Å². The second-order valence-corrected chi connectivity index (χ2v) is 4.47. The molecular weight excluding hydrogens is 290 g/mol. The molecule has 1 rings (SSSR count). The third-order valence-corrected chi connectivity index (χ3v) is 3.00. The lowest BCUT2D eigenvalue weighted by Crippen LogP contribution is -2.25. The quantitative estimate of drug-likeness (QED) is 0.790. The molecule has 94 valence electrons. The Labute approximate surface area is 107 Å². The summed E-state index contributed by atoms with van der Waals surface area (Å²) in [6.07, 6.45) is 2.60. The zero-order chi connectivity index (χ0) is 12.8. The van der Waals surface area contributed by atoms with Crippen LogP contribution in [0.25, 0.3) is 0 Å². The number of aliphatic carboxylic acids is 1. The fourth-order valence-electron chi connectivity index (χ4n) is 1.28. The van der Waals surface area contributed by atoms with Gasteiger partial charge in [-0.1, -0.05) is 6.92 Å². The number of carbonyl (C=O) groups excluding carboxylic acids is 1. The van der Waals surface area contributed by atoms with Gasteiger partial charge in [0.05, 0.1) is 17.7 Å². The van der Waals surface area contributed by atoms with E-state index in [1.807, 2.05) is 0 Å². The van der Waals surface area contributed by atoms with Crippen LogP contribution in [-0.4, -0.2) is 23.5 Å². The number of carboxylic acid groups (broad SMARTS) is 1. The molecule has 5 nitrogen and oxygen atoms in total. The van der Waals surface area contributed by atoms with Gasteiger partial charge in [0.2, 0.25) is 0 Å². The van der Waals surface area contributed by atoms with Gasteiger partial charge in [-0.15, -0.1) is 0 Å². The zero-order valence-electron chi connectivity index (χ0n) is 9.40. The minimum Gasteiger partial charge on any atom is -0.481 e. The standard InChI is InChI=1S/C11H14BrNO4/c1-7(11(15)16)3-2-5-13-10(14)8-4-6-17-9(8)12/h4,6-7H,2-3,5H2,1H3,(H,13,14)(H,15,16). The molecule has 1 amide bonds. The van der Waals surface area contributed by atoms with E-state index in [1.165, 1.54) is 6.26 Å². The molecular formula is C11H14BrNO4. The number of hydrogen-bond donors (Lipinski definition) is 2. The van der Waals surface area contributed by atoms with Crippen LogP contribution < -0.4 is 5.32 Å². The first-order valence-electron chi connectivity index (χ1n) is 5.26. The van der Waals surface area contributed by atoms with Gasteiger partial charge in [-0.3, -0.25) is 9.59 Å². The molecule has 6 heteroatoms. The minimum atomic E-state index is -0.811. The molecule has 0 aliphatic rings. The summed E-state index contributed by atoms with van der Waals surface area (Å²) in [6, 6.07) is 1.57. The van der Waals surface area contributed by atoms with Crippen LogP contribution in [-0.2, 0) is 4.79 Å². The van der Waals surface area contributed by atoms with Crippen molar-refractivity contribution in [2.24, 2.45) is 5.92 Å². The molecule has 0 radical (unpaired) electrons. The average molecular weight is 304 g/mol. The normalized spacial score (nSPS) is 12.1. The van der Waals surface area contributed by atoms with E-state index in [9.17, 15) is 9.59 Å². The van der Waals surface area contributed by atoms with Crippen LogP contribution >= 0.6 is 15.9 Å². The Hall–Kier alpha value is -1.30. The summed E-state index contributed by atoms with van der Waals surface area (Å²) in [4.78, 5) is 22.1. The molecule has 0 aromatic carbocycles. The molecule has 1 atom stereocenters. The summed E-state index contributed by atoms with van der Waals surface area (Å²) in [5, 5.41) is 11.4. The summed E-state index contributed by atoms with van der Waals surface area (Å²) < 4.78 is 5.34. The highest BCUT2D eigenvalue weighted by Gasteiger charge is 2.13. The highest BCUT2D eigenvalue weighted by Crippen LogP contribution is 2.17. The number of hydrogen-bond acceptors (Lipinski definition) is 3. The molecule has 1 heterocycles. The fraction of sp³-hybridized carbons (Fsp3) is 0.455. The number of carbonyl (C=O) groups is 2. The molecule has 0 saturated carbocycles. The smallest absolute Gasteiger partial charge is 0.306 e. The number of carboxylic acids is 1. The molecule has 0 aliphatic heterocycles. The maximum absolute atomic E-state index is 11.6. The van der Waals surface area contributed by atoms with Gasteiger partial charge in [0.25, 0.3) is 5.91 Å². The van der Waals surface area contributed by atoms with Crippen molar-refractivity contribution in [2.45, 2.75) is 19.8 Å². The molecule has 1 aromatic rings. The lowest BCUT2D eigenvalue weighted by Gasteiger charge is -2.06. The summed E-state index contributed by atoms with van der Waals surface area (Å²) in [6.45, 7) is 2.10. The van der Waals surface area contributed by atoms with Gasteiger partial charge in [-0.2, -0.15) is 0 Å². The number of rotatable bonds is 6. The topological polar surface area (TPSA) is 79.5 Å². The van der Waals surface area contributed by atoms with E-state index < -0.39 is 5.97 Å². The fourth-order valence-corrected chi connectivity index (χ4v) is 1.70. The third-order valence-electron chi connectivity index (χ3n) is 2.38. The van der Waals surface area contributed by atoms with Crippen molar-refractivity contribution >= 4 is 27.8 Å². The van der Waals surface area contributed by atoms with E-state index in [-0.39, 0.29) is 11.8 Å². The Bertz CT molecular complexity index is 402. The minimum absolute atomic E-state index is 0.228.